The minimum atomic E-state index is -6.31. The molecule has 36 heavy (non-hydrogen) atoms. The molecule has 0 saturated heterocycles. The van der Waals surface area contributed by atoms with Crippen molar-refractivity contribution in [1.82, 2.24) is 9.78 Å². The molecule has 0 fully saturated rings. The van der Waals surface area contributed by atoms with Crippen LogP contribution in [0, 0.1) is 0 Å². The zero-order valence-electron chi connectivity index (χ0n) is 18.5. The predicted octanol–water partition coefficient (Wildman–Crippen LogP) is 6.60. The van der Waals surface area contributed by atoms with E-state index in [1.807, 2.05) is 0 Å². The number of hydrogen-bond donors (Lipinski definition) is 0. The maximum absolute atomic E-state index is 14.6. The number of carbonyl (C=O) groups excluding carboxylic acids is 1. The van der Waals surface area contributed by atoms with Crippen LogP contribution >= 0.6 is 11.6 Å². The molecule has 3 aromatic rings. The lowest BCUT2D eigenvalue weighted by Gasteiger charge is -2.31. The highest BCUT2D eigenvalue weighted by Gasteiger charge is 2.73. The SMILES string of the molecule is COC(=O)N(C)c1ccc(C(F)(C(F)(F)F)C(F)(F)F)cc1COc1ccn(-c2ccc(Cl)cc2)n1. The Morgan fingerprint density at radius 3 is 2.17 bits per heavy atom. The van der Waals surface area contributed by atoms with E-state index >= 15 is 0 Å². The Morgan fingerprint density at radius 2 is 1.61 bits per heavy atom. The van der Waals surface area contributed by atoms with Crippen LogP contribution in [0.25, 0.3) is 5.69 Å². The number of amides is 1. The summed E-state index contributed by atoms with van der Waals surface area (Å²) in [6.07, 6.45) is -12.1. The topological polar surface area (TPSA) is 56.6 Å². The number of ether oxygens (including phenoxy) is 2. The molecule has 194 valence electrons. The van der Waals surface area contributed by atoms with Crippen molar-refractivity contribution in [1.29, 1.82) is 0 Å². The van der Waals surface area contributed by atoms with E-state index in [1.54, 1.807) is 24.3 Å². The van der Waals surface area contributed by atoms with Crippen LogP contribution in [0.1, 0.15) is 11.1 Å². The zero-order valence-corrected chi connectivity index (χ0v) is 19.2. The van der Waals surface area contributed by atoms with E-state index in [9.17, 15) is 35.5 Å². The largest absolute Gasteiger partial charge is 0.472 e. The second kappa shape index (κ2) is 9.88. The van der Waals surface area contributed by atoms with Crippen molar-refractivity contribution in [2.45, 2.75) is 24.6 Å². The summed E-state index contributed by atoms with van der Waals surface area (Å²) in [4.78, 5) is 12.7. The molecule has 0 aliphatic rings. The Kier molecular flexibility index (Phi) is 7.44. The molecule has 0 unspecified atom stereocenters. The molecular formula is C22H17ClF7N3O3. The smallest absolute Gasteiger partial charge is 0.435 e. The monoisotopic (exact) mass is 539 g/mol. The number of rotatable bonds is 6. The number of alkyl halides is 7. The van der Waals surface area contributed by atoms with Crippen LogP contribution < -0.4 is 9.64 Å². The number of nitrogens with zero attached hydrogens (tertiary/aromatic N) is 3. The highest BCUT2D eigenvalue weighted by molar-refractivity contribution is 6.30. The van der Waals surface area contributed by atoms with Gasteiger partial charge in [-0.15, -0.1) is 5.10 Å². The van der Waals surface area contributed by atoms with Crippen molar-refractivity contribution in [3.63, 3.8) is 0 Å². The molecule has 1 aromatic heterocycles. The summed E-state index contributed by atoms with van der Waals surface area (Å²) in [5.74, 6) is -0.0554. The first-order valence-corrected chi connectivity index (χ1v) is 10.3. The molecule has 0 saturated carbocycles. The van der Waals surface area contributed by atoms with Crippen molar-refractivity contribution < 1.29 is 45.0 Å². The Hall–Kier alpha value is -3.48. The maximum atomic E-state index is 14.6. The van der Waals surface area contributed by atoms with Crippen molar-refractivity contribution >= 4 is 23.4 Å². The lowest BCUT2D eigenvalue weighted by atomic mass is 9.92. The number of aromatic nitrogens is 2. The molecule has 1 heterocycles. The first kappa shape index (κ1) is 27.1. The number of carbonyl (C=O) groups is 1. The van der Waals surface area contributed by atoms with Gasteiger partial charge in [-0.1, -0.05) is 17.7 Å². The zero-order chi connectivity index (χ0) is 26.9. The number of hydrogen-bond acceptors (Lipinski definition) is 4. The molecule has 0 aliphatic heterocycles. The van der Waals surface area contributed by atoms with Gasteiger partial charge in [-0.3, -0.25) is 4.90 Å². The second-order valence-corrected chi connectivity index (χ2v) is 7.83. The molecule has 1 amide bonds. The minimum absolute atomic E-state index is 0.0554. The van der Waals surface area contributed by atoms with E-state index in [1.165, 1.54) is 16.9 Å². The summed E-state index contributed by atoms with van der Waals surface area (Å²) < 4.78 is 106. The van der Waals surface area contributed by atoms with Gasteiger partial charge < -0.3 is 9.47 Å². The predicted molar refractivity (Wildman–Crippen MR) is 115 cm³/mol. The molecule has 0 atom stereocenters. The van der Waals surface area contributed by atoms with Crippen LogP contribution in [0.5, 0.6) is 5.88 Å². The fourth-order valence-corrected chi connectivity index (χ4v) is 3.37. The van der Waals surface area contributed by atoms with Gasteiger partial charge in [0.05, 0.1) is 18.5 Å². The summed E-state index contributed by atoms with van der Waals surface area (Å²) in [7, 11) is 2.18. The fourth-order valence-electron chi connectivity index (χ4n) is 3.24. The minimum Gasteiger partial charge on any atom is -0.472 e. The van der Waals surface area contributed by atoms with Crippen LogP contribution in [-0.4, -0.2) is 42.4 Å². The van der Waals surface area contributed by atoms with E-state index in [0.29, 0.717) is 22.8 Å². The normalized spacial score (nSPS) is 12.4. The average molecular weight is 540 g/mol. The average Bonchev–Trinajstić information content (AvgIpc) is 3.29. The van der Waals surface area contributed by atoms with Crippen molar-refractivity contribution in [2.24, 2.45) is 0 Å². The molecule has 0 radical (unpaired) electrons. The first-order valence-electron chi connectivity index (χ1n) is 9.91. The number of anilines is 1. The summed E-state index contributed by atoms with van der Waals surface area (Å²) in [5.41, 5.74) is -7.34. The van der Waals surface area contributed by atoms with Crippen molar-refractivity contribution in [3.8, 4) is 11.6 Å². The lowest BCUT2D eigenvalue weighted by molar-refractivity contribution is -0.348. The third-order valence-electron chi connectivity index (χ3n) is 5.10. The van der Waals surface area contributed by atoms with Crippen molar-refractivity contribution in [2.75, 3.05) is 19.1 Å². The van der Waals surface area contributed by atoms with Gasteiger partial charge in [0.2, 0.25) is 5.88 Å². The van der Waals surface area contributed by atoms with Gasteiger partial charge >= 0.3 is 24.1 Å². The maximum Gasteiger partial charge on any atom is 0.435 e. The molecule has 0 bridgehead atoms. The Balaban J connectivity index is 1.99. The number of methoxy groups -OCH3 is 1. The van der Waals surface area contributed by atoms with Gasteiger partial charge in [0.1, 0.15) is 6.61 Å². The molecule has 6 nitrogen and oxygen atoms in total. The van der Waals surface area contributed by atoms with Crippen molar-refractivity contribution in [3.05, 3.63) is 70.9 Å². The fraction of sp³-hybridized carbons (Fsp3) is 0.273. The van der Waals surface area contributed by atoms with Gasteiger partial charge in [0.25, 0.3) is 0 Å². The Bertz CT molecular complexity index is 1210. The van der Waals surface area contributed by atoms with Crippen LogP contribution in [0.2, 0.25) is 5.02 Å². The standard InChI is InChI=1S/C22H17ClF7N3O3/c1-32(19(34)35-2)17-8-3-14(20(24,21(25,26)27)22(28,29)30)11-13(17)12-36-18-9-10-33(31-18)16-6-4-15(23)5-7-16/h3-11H,12H2,1-2H3. The van der Waals surface area contributed by atoms with Crippen LogP contribution in [0.4, 0.5) is 41.2 Å². The van der Waals surface area contributed by atoms with E-state index in [4.69, 9.17) is 16.3 Å². The summed E-state index contributed by atoms with van der Waals surface area (Å²) in [6.45, 7) is -0.659. The third-order valence-corrected chi connectivity index (χ3v) is 5.35. The van der Waals surface area contributed by atoms with E-state index < -0.39 is 36.3 Å². The summed E-state index contributed by atoms with van der Waals surface area (Å²) >= 11 is 5.84. The molecule has 0 aliphatic carbocycles. The highest BCUT2D eigenvalue weighted by Crippen LogP contribution is 2.53. The molecule has 2 aromatic carbocycles. The second-order valence-electron chi connectivity index (χ2n) is 7.39. The molecule has 0 N–H and O–H groups in total. The van der Waals surface area contributed by atoms with Gasteiger partial charge in [0.15, 0.2) is 0 Å². The first-order chi connectivity index (χ1) is 16.7. The van der Waals surface area contributed by atoms with Crippen LogP contribution in [-0.2, 0) is 17.0 Å². The third kappa shape index (κ3) is 5.20. The quantitative estimate of drug-likeness (QED) is 0.331. The van der Waals surface area contributed by atoms with E-state index in [-0.39, 0.29) is 17.1 Å². The highest BCUT2D eigenvalue weighted by atomic mass is 35.5. The van der Waals surface area contributed by atoms with E-state index in [0.717, 1.165) is 25.1 Å². The van der Waals surface area contributed by atoms with Gasteiger partial charge in [-0.05, 0) is 36.4 Å². The lowest BCUT2D eigenvalue weighted by Crippen LogP contribution is -2.50. The number of halogens is 8. The van der Waals surface area contributed by atoms with Gasteiger partial charge in [-0.2, -0.15) is 26.3 Å². The molecule has 14 heteroatoms. The molecule has 0 spiro atoms. The Labute approximate surface area is 204 Å². The van der Waals surface area contributed by atoms with E-state index in [2.05, 4.69) is 9.84 Å². The summed E-state index contributed by atoms with van der Waals surface area (Å²) in [5, 5.41) is 4.59. The van der Waals surface area contributed by atoms with Crippen LogP contribution in [0.3, 0.4) is 0 Å². The Morgan fingerprint density at radius 1 is 1.00 bits per heavy atom. The number of benzene rings is 2. The molecule has 3 rings (SSSR count). The van der Waals surface area contributed by atoms with Crippen LogP contribution in [0.15, 0.2) is 54.7 Å². The van der Waals surface area contributed by atoms with Gasteiger partial charge in [-0.25, -0.2) is 13.9 Å². The molecular weight excluding hydrogens is 523 g/mol. The van der Waals surface area contributed by atoms with Gasteiger partial charge in [0, 0.05) is 35.5 Å². The summed E-state index contributed by atoms with van der Waals surface area (Å²) in [6, 6.07) is 9.24.